The fraction of sp³-hybridized carbons (Fsp3) is 0.418. The molecule has 83 heavy (non-hydrogen) atoms. The second-order valence-electron chi connectivity index (χ2n) is 21.6. The fourth-order valence-electron chi connectivity index (χ4n) is 8.75. The molecule has 446 valence electrons. The fourth-order valence-corrected chi connectivity index (χ4v) is 8.75. The van der Waals surface area contributed by atoms with Crippen molar-refractivity contribution in [1.82, 2.24) is 55.3 Å². The molecule has 0 aliphatic carbocycles. The molecule has 28 heteroatoms. The topological polar surface area (TPSA) is 365 Å². The number of nitrogens with one attached hydrogen (secondary N) is 8. The third-order valence-electron chi connectivity index (χ3n) is 12.7. The first kappa shape index (κ1) is 62.3. The molecule has 7 aromatic rings. The summed E-state index contributed by atoms with van der Waals surface area (Å²) in [6, 6.07) is 17.4. The van der Waals surface area contributed by atoms with Gasteiger partial charge < -0.3 is 56.5 Å². The Bertz CT molecular complexity index is 3270. The molecule has 27 nitrogen and oxygen atoms in total. The molecule has 0 unspecified atom stereocenters. The van der Waals surface area contributed by atoms with Crippen LogP contribution in [-0.2, 0) is 43.3 Å². The van der Waals surface area contributed by atoms with Crippen LogP contribution in [-0.4, -0.2) is 169 Å². The highest BCUT2D eigenvalue weighted by Gasteiger charge is 2.24. The molecule has 4 amide bonds. The standard InChI is InChI=1S/2C20H28N6O4.C15H18N6O.ClH/c1-20(2,3)30-19(28)24-16-11-22-25-17(16)18(27)23-15-5-4-13(10-14(15)21)12-26-6-8-29-9-7-26;1-20(2,3)30-19(28)24-16-11-22-25-17(16)18(27)23-15-10-13(4-5-14(15)21)12-26-6-8-29-9-7-26;16-11-8-17-20-14(11)15-18-12-2-1-10(7-13(12)19-15)9-21-3-5-22-6-4-21;/h2*4-5,10-11H,6-9,12,21H2,1-3H3,(H,22,25)(H,23,27)(H,24,28);1-2,7-8H,3-6,9,16H2,(H,17,20)(H,18,19);1H. The Morgan fingerprint density at radius 3 is 1.45 bits per heavy atom. The Morgan fingerprint density at radius 1 is 0.530 bits per heavy atom. The number of anilines is 7. The van der Waals surface area contributed by atoms with Gasteiger partial charge in [0.25, 0.3) is 11.8 Å². The summed E-state index contributed by atoms with van der Waals surface area (Å²) >= 11 is 0. The van der Waals surface area contributed by atoms with Crippen molar-refractivity contribution in [3.05, 3.63) is 101 Å². The monoisotopic (exact) mass is 1170 g/mol. The van der Waals surface area contributed by atoms with E-state index in [0.717, 1.165) is 113 Å². The SMILES string of the molecule is CC(C)(C)OC(=O)Nc1cn[nH]c1C(=O)Nc1cc(CN2CCOCC2)ccc1N.CC(C)(C)OC(=O)Nc1cn[nH]c1C(=O)Nc1ccc(CN2CCOCC2)cc1N.Cl.Nc1cn[nH]c1-c1nc2ccc(CN3CCOCC3)cc2[nH]1. The van der Waals surface area contributed by atoms with Crippen molar-refractivity contribution in [2.45, 2.75) is 72.4 Å². The van der Waals surface area contributed by atoms with Crippen LogP contribution in [0, 0.1) is 0 Å². The molecule has 0 bridgehead atoms. The maximum atomic E-state index is 12.8. The molecular formula is C55H75ClN18O9. The van der Waals surface area contributed by atoms with Gasteiger partial charge in [0, 0.05) is 58.9 Å². The van der Waals surface area contributed by atoms with Crippen molar-refractivity contribution in [3.63, 3.8) is 0 Å². The van der Waals surface area contributed by atoms with Crippen molar-refractivity contribution < 1.29 is 42.9 Å². The molecule has 3 aliphatic rings. The molecular weight excluding hydrogens is 1090 g/mol. The molecule has 3 aromatic carbocycles. The highest BCUT2D eigenvalue weighted by molar-refractivity contribution is 6.10. The van der Waals surface area contributed by atoms with Crippen LogP contribution in [0.4, 0.5) is 49.4 Å². The third kappa shape index (κ3) is 18.6. The highest BCUT2D eigenvalue weighted by atomic mass is 35.5. The lowest BCUT2D eigenvalue weighted by Gasteiger charge is -2.26. The van der Waals surface area contributed by atoms with Gasteiger partial charge in [-0.2, -0.15) is 15.3 Å². The van der Waals surface area contributed by atoms with Gasteiger partial charge in [-0.15, -0.1) is 12.4 Å². The number of benzene rings is 3. The van der Waals surface area contributed by atoms with Crippen molar-refractivity contribution in [1.29, 1.82) is 0 Å². The predicted molar refractivity (Wildman–Crippen MR) is 318 cm³/mol. The maximum absolute atomic E-state index is 12.8. The largest absolute Gasteiger partial charge is 0.444 e. The van der Waals surface area contributed by atoms with Crippen molar-refractivity contribution in [2.75, 3.05) is 117 Å². The van der Waals surface area contributed by atoms with Gasteiger partial charge in [0.15, 0.2) is 5.82 Å². The number of nitrogens with zero attached hydrogens (tertiary/aromatic N) is 7. The molecule has 10 rings (SSSR count). The molecule has 0 spiro atoms. The number of imidazole rings is 1. The number of morpholine rings is 3. The van der Waals surface area contributed by atoms with Crippen molar-refractivity contribution in [3.8, 4) is 11.5 Å². The normalized spacial score (nSPS) is 15.1. The van der Waals surface area contributed by atoms with Crippen molar-refractivity contribution in [2.24, 2.45) is 0 Å². The molecule has 0 radical (unpaired) electrons. The molecule has 7 heterocycles. The zero-order chi connectivity index (χ0) is 58.4. The summed E-state index contributed by atoms with van der Waals surface area (Å²) < 4.78 is 26.5. The summed E-state index contributed by atoms with van der Waals surface area (Å²) in [5.41, 5.74) is 25.8. The van der Waals surface area contributed by atoms with Gasteiger partial charge >= 0.3 is 12.2 Å². The van der Waals surface area contributed by atoms with E-state index in [1.165, 1.54) is 18.0 Å². The van der Waals surface area contributed by atoms with Crippen LogP contribution in [0.2, 0.25) is 0 Å². The van der Waals surface area contributed by atoms with Gasteiger partial charge in [0.1, 0.15) is 28.3 Å². The molecule has 4 aromatic heterocycles. The van der Waals surface area contributed by atoms with Gasteiger partial charge in [-0.25, -0.2) is 14.6 Å². The number of rotatable bonds is 13. The summed E-state index contributed by atoms with van der Waals surface area (Å²) in [7, 11) is 0. The van der Waals surface area contributed by atoms with Gasteiger partial charge in [0.2, 0.25) is 0 Å². The summed E-state index contributed by atoms with van der Waals surface area (Å²) in [6.07, 6.45) is 2.92. The van der Waals surface area contributed by atoms with Crippen molar-refractivity contribution >= 4 is 87.3 Å². The minimum absolute atomic E-state index is 0. The van der Waals surface area contributed by atoms with Crippen LogP contribution >= 0.6 is 12.4 Å². The van der Waals surface area contributed by atoms with Crippen LogP contribution < -0.4 is 38.5 Å². The van der Waals surface area contributed by atoms with Gasteiger partial charge in [-0.05, 0) is 94.6 Å². The average molecular weight is 1170 g/mol. The Labute approximate surface area is 486 Å². The summed E-state index contributed by atoms with van der Waals surface area (Å²) in [6.45, 7) is 22.9. The number of ether oxygens (including phenoxy) is 5. The third-order valence-corrected chi connectivity index (χ3v) is 12.7. The first-order valence-electron chi connectivity index (χ1n) is 26.9. The van der Waals surface area contributed by atoms with Crippen LogP contribution in [0.15, 0.2) is 73.2 Å². The Hall–Kier alpha value is -8.31. The second kappa shape index (κ2) is 28.6. The number of hydrogen-bond acceptors (Lipinski definition) is 19. The second-order valence-corrected chi connectivity index (χ2v) is 21.6. The number of H-pyrrole nitrogens is 4. The molecule has 3 aliphatic heterocycles. The first-order chi connectivity index (χ1) is 39.2. The van der Waals surface area contributed by atoms with E-state index in [1.54, 1.807) is 59.9 Å². The van der Waals surface area contributed by atoms with Crippen LogP contribution in [0.3, 0.4) is 0 Å². The number of halogens is 1. The van der Waals surface area contributed by atoms with Gasteiger partial charge in [-0.3, -0.25) is 50.2 Å². The summed E-state index contributed by atoms with van der Waals surface area (Å²) in [4.78, 5) is 64.2. The maximum Gasteiger partial charge on any atom is 0.412 e. The van der Waals surface area contributed by atoms with E-state index >= 15 is 0 Å². The zero-order valence-corrected chi connectivity index (χ0v) is 48.3. The molecule has 0 saturated carbocycles. The lowest BCUT2D eigenvalue weighted by molar-refractivity contribution is 0.0341. The number of aromatic nitrogens is 8. The molecule has 14 N–H and O–H groups in total. The van der Waals surface area contributed by atoms with E-state index in [4.69, 9.17) is 40.9 Å². The zero-order valence-electron chi connectivity index (χ0n) is 47.5. The lowest BCUT2D eigenvalue weighted by atomic mass is 10.1. The van der Waals surface area contributed by atoms with E-state index < -0.39 is 35.2 Å². The van der Waals surface area contributed by atoms with E-state index in [1.807, 2.05) is 30.3 Å². The Kier molecular flexibility index (Phi) is 21.5. The van der Waals surface area contributed by atoms with Crippen LogP contribution in [0.1, 0.15) is 79.2 Å². The average Bonchev–Trinajstić information content (AvgIpc) is 4.17. The Morgan fingerprint density at radius 2 is 0.976 bits per heavy atom. The number of fused-ring (bicyclic) bond motifs is 1. The van der Waals surface area contributed by atoms with E-state index in [-0.39, 0.29) is 35.2 Å². The predicted octanol–water partition coefficient (Wildman–Crippen LogP) is 6.64. The minimum Gasteiger partial charge on any atom is -0.444 e. The smallest absolute Gasteiger partial charge is 0.412 e. The number of hydrogen-bond donors (Lipinski definition) is 11. The number of carbonyl (C=O) groups excluding carboxylic acids is 4. The highest BCUT2D eigenvalue weighted by Crippen LogP contribution is 2.27. The number of aromatic amines is 4. The van der Waals surface area contributed by atoms with E-state index in [2.05, 4.69) is 88.7 Å². The van der Waals surface area contributed by atoms with Crippen LogP contribution in [0.25, 0.3) is 22.6 Å². The lowest BCUT2D eigenvalue weighted by Crippen LogP contribution is -2.35. The Balaban J connectivity index is 0.000000180. The number of carbonyl (C=O) groups is 4. The minimum atomic E-state index is -0.676. The van der Waals surface area contributed by atoms with Gasteiger partial charge in [-0.1, -0.05) is 18.2 Å². The van der Waals surface area contributed by atoms with E-state index in [0.29, 0.717) is 47.5 Å². The van der Waals surface area contributed by atoms with E-state index in [9.17, 15) is 19.2 Å². The van der Waals surface area contributed by atoms with Crippen LogP contribution in [0.5, 0.6) is 0 Å². The number of amides is 4. The molecule has 0 atom stereocenters. The quantitative estimate of drug-likeness (QED) is 0.0539. The summed E-state index contributed by atoms with van der Waals surface area (Å²) in [5.74, 6) is -0.242. The summed E-state index contributed by atoms with van der Waals surface area (Å²) in [5, 5.41) is 30.2. The first-order valence-corrected chi connectivity index (χ1v) is 26.9. The molecule has 3 fully saturated rings. The number of nitrogens with two attached hydrogens (primary N) is 3. The molecule has 3 saturated heterocycles. The van der Waals surface area contributed by atoms with Gasteiger partial charge in [0.05, 0.1) is 109 Å². The number of nitrogen functional groups attached to an aromatic ring is 3.